The molecule has 2 heterocycles. The van der Waals surface area contributed by atoms with Crippen molar-refractivity contribution in [2.45, 2.75) is 211 Å². The molecule has 22 heteroatoms. The van der Waals surface area contributed by atoms with Crippen molar-refractivity contribution in [1.29, 1.82) is 0 Å². The first-order valence-electron chi connectivity index (χ1n) is 23.7. The third-order valence-corrected chi connectivity index (χ3v) is 16.8. The molecule has 378 valence electrons. The van der Waals surface area contributed by atoms with Crippen LogP contribution in [-0.2, 0) is 28.5 Å². The zero-order valence-electron chi connectivity index (χ0n) is 36.4. The van der Waals surface area contributed by atoms with Gasteiger partial charge in [-0.3, -0.25) is 9.59 Å². The highest BCUT2D eigenvalue weighted by Gasteiger charge is 2.62. The van der Waals surface area contributed by atoms with E-state index in [0.717, 1.165) is 0 Å². The molecule has 8 fully saturated rings. The van der Waals surface area contributed by atoms with Crippen LogP contribution in [0.5, 0.6) is 0 Å². The number of hydrogen-bond acceptors (Lipinski definition) is 22. The van der Waals surface area contributed by atoms with Gasteiger partial charge in [0.2, 0.25) is 0 Å². The van der Waals surface area contributed by atoms with Gasteiger partial charge in [-0.15, -0.1) is 0 Å². The predicted octanol–water partition coefficient (Wildman–Crippen LogP) is -6.19. The number of fused-ring (bicyclic) bond motifs is 2. The number of rotatable bonds is 7. The third kappa shape index (κ3) is 9.80. The Kier molecular flexibility index (Phi) is 15.4. The molecule has 0 bridgehead atoms. The van der Waals surface area contributed by atoms with Crippen molar-refractivity contribution >= 4 is 11.9 Å². The van der Waals surface area contributed by atoms with E-state index in [1.807, 2.05) is 0 Å². The van der Waals surface area contributed by atoms with Crippen molar-refractivity contribution in [2.24, 2.45) is 47.3 Å². The number of carbonyl (C=O) groups is 2. The lowest BCUT2D eigenvalue weighted by Gasteiger charge is -2.57. The second-order valence-electron chi connectivity index (χ2n) is 21.1. The highest BCUT2D eigenvalue weighted by atomic mass is 16.6. The van der Waals surface area contributed by atoms with Gasteiger partial charge >= 0.3 is 11.9 Å². The maximum atomic E-state index is 13.9. The summed E-state index contributed by atoms with van der Waals surface area (Å²) in [6.07, 6.45) is -33.0. The lowest BCUT2D eigenvalue weighted by molar-refractivity contribution is -0.273. The maximum absolute atomic E-state index is 13.9. The number of esters is 2. The van der Waals surface area contributed by atoms with Gasteiger partial charge in [-0.1, -0.05) is 0 Å². The minimum atomic E-state index is -1.93. The van der Waals surface area contributed by atoms with Gasteiger partial charge in [-0.05, 0) is 101 Å². The fourth-order valence-corrected chi connectivity index (χ4v) is 13.4. The van der Waals surface area contributed by atoms with Gasteiger partial charge < -0.3 is 101 Å². The average molecular weight is 951 g/mol. The van der Waals surface area contributed by atoms with Crippen LogP contribution in [0.3, 0.4) is 0 Å². The normalized spacial score (nSPS) is 55.8. The van der Waals surface area contributed by atoms with Gasteiger partial charge in [-0.25, -0.2) is 0 Å². The number of ether oxygens (including phenoxy) is 4. The molecule has 6 saturated carbocycles. The summed E-state index contributed by atoms with van der Waals surface area (Å²) in [6, 6.07) is 0. The van der Waals surface area contributed by atoms with Gasteiger partial charge in [0.1, 0.15) is 36.6 Å². The highest BCUT2D eigenvalue weighted by Crippen LogP contribution is 2.53. The minimum Gasteiger partial charge on any atom is -0.459 e. The molecule has 16 N–H and O–H groups in total. The summed E-state index contributed by atoms with van der Waals surface area (Å²) in [5.74, 6) is -10.7. The van der Waals surface area contributed by atoms with Crippen LogP contribution in [-0.4, -0.2) is 228 Å². The van der Waals surface area contributed by atoms with Gasteiger partial charge in [0.15, 0.2) is 0 Å². The Morgan fingerprint density at radius 2 is 0.652 bits per heavy atom. The van der Waals surface area contributed by atoms with Crippen LogP contribution in [0.1, 0.15) is 77.0 Å². The summed E-state index contributed by atoms with van der Waals surface area (Å²) in [4.78, 5) is 27.9. The summed E-state index contributed by atoms with van der Waals surface area (Å²) in [6.45, 7) is 0. The standard InChI is InChI=1S/C44H70O22/c45-15-5-21(47)17-11-31(65-43(61)13-1-23(49)35(55)24(50)2-13)41(63-29(17)7-15)19-9-27(53)37(57)39(59)33(19)34-20(10-28(54)38(58)40(34)60)42-32(12-18-22(48)6-16(46)8-30(18)64-42)66-44(62)14-3-25(51)36(56)26(52)4-14/h13-42,45-60H,1-12H2/t13?,14?,15?,16?,17?,18?,19?,20?,21?,22?,23?,24?,25?,26?,27?,28?,29?,30?,31-,32-,33?,34?,35?,36?,37?,38?,39?,40?,41+,42+/m0/s1. The average Bonchev–Trinajstić information content (AvgIpc) is 3.25. The summed E-state index contributed by atoms with van der Waals surface area (Å²) in [7, 11) is 0. The molecule has 26 atom stereocenters. The van der Waals surface area contributed by atoms with Crippen molar-refractivity contribution in [1.82, 2.24) is 0 Å². The van der Waals surface area contributed by atoms with E-state index >= 15 is 0 Å². The lowest BCUT2D eigenvalue weighted by atomic mass is 9.56. The largest absolute Gasteiger partial charge is 0.459 e. The van der Waals surface area contributed by atoms with Crippen LogP contribution in [0.25, 0.3) is 0 Å². The van der Waals surface area contributed by atoms with Gasteiger partial charge in [-0.2, -0.15) is 0 Å². The molecule has 0 spiro atoms. The zero-order valence-corrected chi connectivity index (χ0v) is 36.4. The number of carbonyl (C=O) groups excluding carboxylic acids is 2. The second kappa shape index (κ2) is 20.1. The Bertz CT molecular complexity index is 1530. The van der Waals surface area contributed by atoms with Crippen LogP contribution in [0, 0.1) is 47.3 Å². The molecule has 0 aromatic heterocycles. The Morgan fingerprint density at radius 1 is 0.333 bits per heavy atom. The highest BCUT2D eigenvalue weighted by molar-refractivity contribution is 5.73. The van der Waals surface area contributed by atoms with E-state index in [2.05, 4.69) is 0 Å². The molecule has 22 nitrogen and oxygen atoms in total. The topological polar surface area (TPSA) is 395 Å². The molecule has 8 rings (SSSR count). The fourth-order valence-electron chi connectivity index (χ4n) is 13.4. The first-order chi connectivity index (χ1) is 31.1. The van der Waals surface area contributed by atoms with Crippen molar-refractivity contribution in [3.8, 4) is 0 Å². The molecule has 8 aliphatic rings. The first-order valence-corrected chi connectivity index (χ1v) is 23.7. The Balaban J connectivity index is 1.16. The zero-order chi connectivity index (χ0) is 47.8. The molecule has 2 saturated heterocycles. The summed E-state index contributed by atoms with van der Waals surface area (Å²) >= 11 is 0. The van der Waals surface area contributed by atoms with Crippen LogP contribution in [0.2, 0.25) is 0 Å². The Morgan fingerprint density at radius 3 is 0.985 bits per heavy atom. The van der Waals surface area contributed by atoms with E-state index in [9.17, 15) is 91.3 Å². The van der Waals surface area contributed by atoms with Crippen molar-refractivity contribution in [3.63, 3.8) is 0 Å². The van der Waals surface area contributed by atoms with Crippen molar-refractivity contribution in [2.75, 3.05) is 0 Å². The molecule has 0 aromatic carbocycles. The van der Waals surface area contributed by atoms with E-state index in [1.165, 1.54) is 0 Å². The molecule has 0 aromatic rings. The minimum absolute atomic E-state index is 0.0203. The molecule has 0 amide bonds. The van der Waals surface area contributed by atoms with E-state index in [0.29, 0.717) is 0 Å². The van der Waals surface area contributed by atoms with Crippen LogP contribution < -0.4 is 0 Å². The third-order valence-electron chi connectivity index (χ3n) is 16.8. The van der Waals surface area contributed by atoms with Crippen LogP contribution >= 0.6 is 0 Å². The van der Waals surface area contributed by atoms with Gasteiger partial charge in [0.25, 0.3) is 0 Å². The molecular weight excluding hydrogens is 880 g/mol. The molecule has 2 aliphatic heterocycles. The summed E-state index contributed by atoms with van der Waals surface area (Å²) in [5.41, 5.74) is 0. The van der Waals surface area contributed by atoms with Crippen LogP contribution in [0.4, 0.5) is 0 Å². The lowest BCUT2D eigenvalue weighted by Crippen LogP contribution is -2.67. The molecule has 6 aliphatic carbocycles. The van der Waals surface area contributed by atoms with E-state index < -0.39 is 194 Å². The number of aliphatic hydroxyl groups is 16. The van der Waals surface area contributed by atoms with Gasteiger partial charge in [0.05, 0.1) is 109 Å². The summed E-state index contributed by atoms with van der Waals surface area (Å²) < 4.78 is 25.5. The van der Waals surface area contributed by atoms with Crippen molar-refractivity contribution < 1.29 is 110 Å². The van der Waals surface area contributed by atoms with Crippen LogP contribution in [0.15, 0.2) is 0 Å². The van der Waals surface area contributed by atoms with E-state index in [-0.39, 0.29) is 77.0 Å². The first kappa shape index (κ1) is 50.6. The monoisotopic (exact) mass is 950 g/mol. The van der Waals surface area contributed by atoms with E-state index in [4.69, 9.17) is 18.9 Å². The number of aliphatic hydroxyl groups excluding tert-OH is 16. The Labute approximate surface area is 380 Å². The molecule has 22 unspecified atom stereocenters. The molecule has 66 heavy (non-hydrogen) atoms. The predicted molar refractivity (Wildman–Crippen MR) is 217 cm³/mol. The molecule has 0 radical (unpaired) electrons. The maximum Gasteiger partial charge on any atom is 0.309 e. The quantitative estimate of drug-likeness (QED) is 0.106. The van der Waals surface area contributed by atoms with Gasteiger partial charge in [0, 0.05) is 11.8 Å². The smallest absolute Gasteiger partial charge is 0.309 e. The fraction of sp³-hybridized carbons (Fsp3) is 0.955. The molecular formula is C44H70O22. The van der Waals surface area contributed by atoms with E-state index in [1.54, 1.807) is 0 Å². The second-order valence-corrected chi connectivity index (χ2v) is 21.1. The Hall–Kier alpha value is -1.78. The number of hydrogen-bond donors (Lipinski definition) is 16. The van der Waals surface area contributed by atoms with Crippen molar-refractivity contribution in [3.05, 3.63) is 0 Å². The SMILES string of the molecule is O=C(O[C@H]1CC2C(O)CC(O)CC2O[C@@H]1C1CC(O)C(O)C(O)C1C1C(O)C(O)C(O)CC1[C@H]1OC2CC(O)CC(O)C2C[C@@H]1OC(=O)C1CC(O)C(O)C(O)C1)C1CC(O)C(O)C(O)C1. The summed E-state index contributed by atoms with van der Waals surface area (Å²) in [5, 5.41) is 176.